The quantitative estimate of drug-likeness (QED) is 0.477. The van der Waals surface area contributed by atoms with Gasteiger partial charge in [0.15, 0.2) is 0 Å². The van der Waals surface area contributed by atoms with Crippen molar-refractivity contribution in [3.05, 3.63) is 125 Å². The van der Waals surface area contributed by atoms with Crippen LogP contribution in [0.1, 0.15) is 34.5 Å². The number of imidazole rings is 1. The second kappa shape index (κ2) is 7.88. The van der Waals surface area contributed by atoms with Crippen LogP contribution in [0.2, 0.25) is 0 Å². The van der Waals surface area contributed by atoms with E-state index >= 15 is 0 Å². The molecule has 31 heavy (non-hydrogen) atoms. The van der Waals surface area contributed by atoms with Crippen molar-refractivity contribution in [3.63, 3.8) is 0 Å². The Morgan fingerprint density at radius 2 is 1.32 bits per heavy atom. The van der Waals surface area contributed by atoms with E-state index in [4.69, 9.17) is 4.98 Å². The fraction of sp³-hybridized carbons (Fsp3) is 0.185. The molecule has 0 saturated carbocycles. The van der Waals surface area contributed by atoms with E-state index in [0.29, 0.717) is 19.3 Å². The highest BCUT2D eigenvalue weighted by Crippen LogP contribution is 2.43. The van der Waals surface area contributed by atoms with Gasteiger partial charge >= 0.3 is 5.97 Å². The summed E-state index contributed by atoms with van der Waals surface area (Å²) in [6, 6.07) is 31.5. The van der Waals surface area contributed by atoms with Crippen molar-refractivity contribution in [2.45, 2.75) is 24.8 Å². The Bertz CT molecular complexity index is 1090. The first kappa shape index (κ1) is 19.3. The van der Waals surface area contributed by atoms with Gasteiger partial charge in [-0.05, 0) is 29.5 Å². The van der Waals surface area contributed by atoms with Gasteiger partial charge in [-0.2, -0.15) is 0 Å². The summed E-state index contributed by atoms with van der Waals surface area (Å²) in [6.45, 7) is 0. The molecule has 0 amide bonds. The minimum absolute atomic E-state index is 0.365. The minimum atomic E-state index is -0.736. The normalized spacial score (nSPS) is 15.9. The SMILES string of the molecule is O=C(O)C1CCc2c(ncn2C(c2ccccc2)(c2ccccc2)c2ccccc2)C1. The maximum Gasteiger partial charge on any atom is 0.306 e. The minimum Gasteiger partial charge on any atom is -0.481 e. The van der Waals surface area contributed by atoms with E-state index < -0.39 is 11.5 Å². The average molecular weight is 409 g/mol. The van der Waals surface area contributed by atoms with E-state index in [9.17, 15) is 9.90 Å². The molecule has 0 radical (unpaired) electrons. The van der Waals surface area contributed by atoms with Crippen LogP contribution in [-0.4, -0.2) is 20.6 Å². The third-order valence-electron chi connectivity index (χ3n) is 6.41. The molecular formula is C27H24N2O2. The van der Waals surface area contributed by atoms with Crippen molar-refractivity contribution in [3.8, 4) is 0 Å². The Morgan fingerprint density at radius 3 is 1.77 bits per heavy atom. The van der Waals surface area contributed by atoms with Gasteiger partial charge in [-0.1, -0.05) is 91.0 Å². The number of benzene rings is 3. The van der Waals surface area contributed by atoms with Crippen LogP contribution in [-0.2, 0) is 23.2 Å². The number of carboxylic acids is 1. The van der Waals surface area contributed by atoms with Crippen LogP contribution in [0.5, 0.6) is 0 Å². The maximum atomic E-state index is 11.6. The fourth-order valence-corrected chi connectivity index (χ4v) is 4.95. The average Bonchev–Trinajstić information content (AvgIpc) is 3.25. The van der Waals surface area contributed by atoms with Crippen LogP contribution in [0, 0.1) is 5.92 Å². The molecule has 1 aliphatic rings. The predicted octanol–water partition coefficient (Wildman–Crippen LogP) is 4.91. The standard InChI is InChI=1S/C27H24N2O2/c30-26(31)20-16-17-25-24(18-20)28-19-29(25)27(21-10-4-1-5-11-21,22-12-6-2-7-13-22)23-14-8-3-9-15-23/h1-15,19-20H,16-18H2,(H,30,31). The summed E-state index contributed by atoms with van der Waals surface area (Å²) in [5.74, 6) is -1.10. The van der Waals surface area contributed by atoms with Crippen molar-refractivity contribution in [2.24, 2.45) is 5.92 Å². The number of fused-ring (bicyclic) bond motifs is 1. The van der Waals surface area contributed by atoms with Crippen LogP contribution in [0.3, 0.4) is 0 Å². The molecule has 0 saturated heterocycles. The second-order valence-electron chi connectivity index (χ2n) is 8.09. The number of carboxylic acid groups (broad SMARTS) is 1. The van der Waals surface area contributed by atoms with E-state index in [1.54, 1.807) is 0 Å². The molecule has 154 valence electrons. The predicted molar refractivity (Wildman–Crippen MR) is 120 cm³/mol. The van der Waals surface area contributed by atoms with Gasteiger partial charge in [-0.15, -0.1) is 0 Å². The monoisotopic (exact) mass is 408 g/mol. The van der Waals surface area contributed by atoms with E-state index in [-0.39, 0.29) is 5.92 Å². The Balaban J connectivity index is 1.82. The Hall–Kier alpha value is -3.66. The second-order valence-corrected chi connectivity index (χ2v) is 8.09. The lowest BCUT2D eigenvalue weighted by atomic mass is 9.76. The Labute approximate surface area is 181 Å². The maximum absolute atomic E-state index is 11.6. The zero-order valence-corrected chi connectivity index (χ0v) is 17.2. The summed E-state index contributed by atoms with van der Waals surface area (Å²) in [4.78, 5) is 16.3. The van der Waals surface area contributed by atoms with E-state index in [1.807, 2.05) is 24.5 Å². The molecule has 1 heterocycles. The molecule has 4 heteroatoms. The lowest BCUT2D eigenvalue weighted by Gasteiger charge is -2.39. The first-order valence-corrected chi connectivity index (χ1v) is 10.7. The van der Waals surface area contributed by atoms with Crippen molar-refractivity contribution in [1.29, 1.82) is 0 Å². The zero-order valence-electron chi connectivity index (χ0n) is 17.2. The molecule has 1 unspecified atom stereocenters. The Kier molecular flexibility index (Phi) is 4.91. The molecule has 4 nitrogen and oxygen atoms in total. The van der Waals surface area contributed by atoms with Crippen LogP contribution in [0.4, 0.5) is 0 Å². The third-order valence-corrected chi connectivity index (χ3v) is 6.41. The Morgan fingerprint density at radius 1 is 0.839 bits per heavy atom. The molecule has 1 N–H and O–H groups in total. The highest BCUT2D eigenvalue weighted by Gasteiger charge is 2.41. The molecule has 1 aliphatic carbocycles. The molecule has 3 aromatic carbocycles. The summed E-state index contributed by atoms with van der Waals surface area (Å²) in [5, 5.41) is 9.53. The molecule has 1 aromatic heterocycles. The highest BCUT2D eigenvalue weighted by atomic mass is 16.4. The van der Waals surface area contributed by atoms with Crippen LogP contribution in [0.25, 0.3) is 0 Å². The van der Waals surface area contributed by atoms with Crippen LogP contribution in [0.15, 0.2) is 97.3 Å². The number of aliphatic carboxylic acids is 1. The smallest absolute Gasteiger partial charge is 0.306 e. The largest absolute Gasteiger partial charge is 0.481 e. The lowest BCUT2D eigenvalue weighted by molar-refractivity contribution is -0.142. The van der Waals surface area contributed by atoms with Crippen LogP contribution >= 0.6 is 0 Å². The van der Waals surface area contributed by atoms with Gasteiger partial charge < -0.3 is 9.67 Å². The number of hydrogen-bond donors (Lipinski definition) is 1. The van der Waals surface area contributed by atoms with Gasteiger partial charge in [0, 0.05) is 12.1 Å². The van der Waals surface area contributed by atoms with Crippen molar-refractivity contribution < 1.29 is 9.90 Å². The third kappa shape index (κ3) is 3.15. The number of hydrogen-bond acceptors (Lipinski definition) is 2. The van der Waals surface area contributed by atoms with Crippen molar-refractivity contribution in [1.82, 2.24) is 9.55 Å². The van der Waals surface area contributed by atoms with Gasteiger partial charge in [0.1, 0.15) is 5.54 Å². The molecule has 1 atom stereocenters. The van der Waals surface area contributed by atoms with Gasteiger partial charge in [0.05, 0.1) is 17.9 Å². The van der Waals surface area contributed by atoms with E-state index in [1.165, 1.54) is 0 Å². The summed E-state index contributed by atoms with van der Waals surface area (Å²) >= 11 is 0. The molecular weight excluding hydrogens is 384 g/mol. The number of rotatable bonds is 5. The van der Waals surface area contributed by atoms with E-state index in [0.717, 1.165) is 28.1 Å². The number of nitrogens with zero attached hydrogens (tertiary/aromatic N) is 2. The molecule has 0 aliphatic heterocycles. The molecule has 4 aromatic rings. The number of aromatic nitrogens is 2. The van der Waals surface area contributed by atoms with Crippen molar-refractivity contribution >= 4 is 5.97 Å². The lowest BCUT2D eigenvalue weighted by Crippen LogP contribution is -2.39. The first-order valence-electron chi connectivity index (χ1n) is 10.7. The van der Waals surface area contributed by atoms with Gasteiger partial charge in [-0.25, -0.2) is 4.98 Å². The molecule has 0 fully saturated rings. The number of carbonyl (C=O) groups is 1. The summed E-state index contributed by atoms with van der Waals surface area (Å²) in [7, 11) is 0. The fourth-order valence-electron chi connectivity index (χ4n) is 4.95. The first-order chi connectivity index (χ1) is 15.2. The highest BCUT2D eigenvalue weighted by molar-refractivity contribution is 5.70. The van der Waals surface area contributed by atoms with Crippen LogP contribution < -0.4 is 0 Å². The summed E-state index contributed by atoms with van der Waals surface area (Å²) in [6.07, 6.45) is 3.71. The molecule has 0 spiro atoms. The summed E-state index contributed by atoms with van der Waals surface area (Å²) in [5.41, 5.74) is 4.86. The molecule has 0 bridgehead atoms. The summed E-state index contributed by atoms with van der Waals surface area (Å²) < 4.78 is 2.28. The van der Waals surface area contributed by atoms with Gasteiger partial charge in [0.25, 0.3) is 0 Å². The van der Waals surface area contributed by atoms with Gasteiger partial charge in [0.2, 0.25) is 0 Å². The molecule has 5 rings (SSSR count). The van der Waals surface area contributed by atoms with Crippen molar-refractivity contribution in [2.75, 3.05) is 0 Å². The zero-order chi connectivity index (χ0) is 21.3. The topological polar surface area (TPSA) is 55.1 Å². The van der Waals surface area contributed by atoms with E-state index in [2.05, 4.69) is 77.4 Å². The van der Waals surface area contributed by atoms with Gasteiger partial charge in [-0.3, -0.25) is 4.79 Å².